The van der Waals surface area contributed by atoms with E-state index in [1.165, 1.54) is 6.07 Å². The molecule has 0 aliphatic heterocycles. The third-order valence-electron chi connectivity index (χ3n) is 2.31. The number of para-hydroxylation sites is 1. The van der Waals surface area contributed by atoms with Gasteiger partial charge in [0.05, 0.1) is 5.52 Å². The van der Waals surface area contributed by atoms with Crippen LogP contribution in [-0.2, 0) is 6.54 Å². The Morgan fingerprint density at radius 2 is 2.20 bits per heavy atom. The van der Waals surface area contributed by atoms with Crippen LogP contribution < -0.4 is 5.69 Å². The quantitative estimate of drug-likeness (QED) is 0.806. The number of rotatable bonds is 2. The maximum atomic E-state index is 13.3. The zero-order valence-electron chi connectivity index (χ0n) is 8.75. The second kappa shape index (κ2) is 3.53. The van der Waals surface area contributed by atoms with Crippen LogP contribution in [0.5, 0.6) is 0 Å². The fourth-order valence-corrected chi connectivity index (χ4v) is 1.69. The van der Waals surface area contributed by atoms with Crippen LogP contribution in [0.25, 0.3) is 11.0 Å². The van der Waals surface area contributed by atoms with Gasteiger partial charge in [-0.05, 0) is 18.1 Å². The van der Waals surface area contributed by atoms with Crippen LogP contribution in [0.1, 0.15) is 13.8 Å². The second-order valence-electron chi connectivity index (χ2n) is 4.07. The average Bonchev–Trinajstić information content (AvgIpc) is 2.45. The summed E-state index contributed by atoms with van der Waals surface area (Å²) < 4.78 is 14.9. The number of H-pyrrole nitrogens is 1. The Kier molecular flexibility index (Phi) is 2.34. The lowest BCUT2D eigenvalue weighted by Crippen LogP contribution is -2.19. The van der Waals surface area contributed by atoms with Crippen molar-refractivity contribution >= 4 is 11.0 Å². The number of benzene rings is 1. The lowest BCUT2D eigenvalue weighted by atomic mass is 10.2. The molecule has 0 aliphatic carbocycles. The molecule has 0 bridgehead atoms. The van der Waals surface area contributed by atoms with E-state index in [-0.39, 0.29) is 11.5 Å². The molecule has 0 saturated carbocycles. The monoisotopic (exact) mass is 208 g/mol. The van der Waals surface area contributed by atoms with Crippen molar-refractivity contribution in [2.75, 3.05) is 0 Å². The van der Waals surface area contributed by atoms with Crippen LogP contribution in [0.3, 0.4) is 0 Å². The lowest BCUT2D eigenvalue weighted by molar-refractivity contribution is 0.522. The Morgan fingerprint density at radius 3 is 2.87 bits per heavy atom. The predicted molar refractivity (Wildman–Crippen MR) is 57.4 cm³/mol. The SMILES string of the molecule is CC(C)Cn1c(=O)[nH]c2c(F)cccc21. The maximum absolute atomic E-state index is 13.3. The van der Waals surface area contributed by atoms with E-state index in [0.717, 1.165) is 0 Å². The van der Waals surface area contributed by atoms with Crippen LogP contribution >= 0.6 is 0 Å². The summed E-state index contributed by atoms with van der Waals surface area (Å²) >= 11 is 0. The topological polar surface area (TPSA) is 37.8 Å². The van der Waals surface area contributed by atoms with Crippen LogP contribution in [0.4, 0.5) is 4.39 Å². The van der Waals surface area contributed by atoms with Gasteiger partial charge < -0.3 is 4.98 Å². The number of aromatic amines is 1. The van der Waals surface area contributed by atoms with Crippen LogP contribution in [0, 0.1) is 11.7 Å². The van der Waals surface area contributed by atoms with E-state index in [2.05, 4.69) is 4.98 Å². The van der Waals surface area contributed by atoms with Crippen molar-refractivity contribution in [1.82, 2.24) is 9.55 Å². The van der Waals surface area contributed by atoms with E-state index >= 15 is 0 Å². The van der Waals surface area contributed by atoms with E-state index in [4.69, 9.17) is 0 Å². The fraction of sp³-hybridized carbons (Fsp3) is 0.364. The highest BCUT2D eigenvalue weighted by Crippen LogP contribution is 2.14. The molecule has 0 aliphatic rings. The smallest absolute Gasteiger partial charge is 0.303 e. The molecule has 1 aromatic carbocycles. The summed E-state index contributed by atoms with van der Waals surface area (Å²) in [5.41, 5.74) is 0.681. The van der Waals surface area contributed by atoms with E-state index in [0.29, 0.717) is 23.5 Å². The lowest BCUT2D eigenvalue weighted by Gasteiger charge is -2.05. The molecule has 1 N–H and O–H groups in total. The van der Waals surface area contributed by atoms with Crippen LogP contribution in [0.15, 0.2) is 23.0 Å². The van der Waals surface area contributed by atoms with Crippen molar-refractivity contribution in [3.8, 4) is 0 Å². The summed E-state index contributed by atoms with van der Waals surface area (Å²) in [4.78, 5) is 14.1. The minimum absolute atomic E-state index is 0.246. The number of aromatic nitrogens is 2. The third kappa shape index (κ3) is 1.67. The molecular weight excluding hydrogens is 195 g/mol. The van der Waals surface area contributed by atoms with Gasteiger partial charge in [-0.25, -0.2) is 9.18 Å². The Morgan fingerprint density at radius 1 is 1.47 bits per heavy atom. The first kappa shape index (κ1) is 9.96. The molecule has 1 aromatic heterocycles. The van der Waals surface area contributed by atoms with Gasteiger partial charge in [0.1, 0.15) is 11.3 Å². The minimum Gasteiger partial charge on any atom is -0.303 e. The largest absolute Gasteiger partial charge is 0.326 e. The zero-order valence-corrected chi connectivity index (χ0v) is 8.75. The van der Waals surface area contributed by atoms with Crippen molar-refractivity contribution in [1.29, 1.82) is 0 Å². The first-order valence-corrected chi connectivity index (χ1v) is 4.96. The van der Waals surface area contributed by atoms with Gasteiger partial charge in [0.2, 0.25) is 0 Å². The standard InChI is InChI=1S/C11H13FN2O/c1-7(2)6-14-9-5-3-4-8(12)10(9)13-11(14)15/h3-5,7H,6H2,1-2H3,(H,13,15). The van der Waals surface area contributed by atoms with Crippen molar-refractivity contribution in [2.45, 2.75) is 20.4 Å². The Labute approximate surface area is 86.5 Å². The summed E-state index contributed by atoms with van der Waals surface area (Å²) in [6.45, 7) is 4.64. The summed E-state index contributed by atoms with van der Waals surface area (Å²) in [7, 11) is 0. The molecule has 0 radical (unpaired) electrons. The molecule has 0 unspecified atom stereocenters. The van der Waals surface area contributed by atoms with Gasteiger partial charge in [0.15, 0.2) is 0 Å². The molecule has 0 fully saturated rings. The molecule has 0 spiro atoms. The Balaban J connectivity index is 2.69. The highest BCUT2D eigenvalue weighted by molar-refractivity contribution is 5.75. The first-order valence-electron chi connectivity index (χ1n) is 4.96. The Bertz CT molecular complexity index is 539. The summed E-state index contributed by atoms with van der Waals surface area (Å²) in [5, 5.41) is 0. The molecule has 4 heteroatoms. The number of fused-ring (bicyclic) bond motifs is 1. The van der Waals surface area contributed by atoms with Gasteiger partial charge in [-0.2, -0.15) is 0 Å². The molecular formula is C11H13FN2O. The molecule has 3 nitrogen and oxygen atoms in total. The Hall–Kier alpha value is -1.58. The van der Waals surface area contributed by atoms with E-state index in [1.807, 2.05) is 13.8 Å². The number of hydrogen-bond donors (Lipinski definition) is 1. The van der Waals surface area contributed by atoms with Crippen molar-refractivity contribution in [2.24, 2.45) is 5.92 Å². The van der Waals surface area contributed by atoms with E-state index in [9.17, 15) is 9.18 Å². The summed E-state index contributed by atoms with van der Waals surface area (Å²) in [5.74, 6) is -0.0305. The predicted octanol–water partition coefficient (Wildman–Crippen LogP) is 2.12. The van der Waals surface area contributed by atoms with Gasteiger partial charge in [-0.3, -0.25) is 4.57 Å². The number of nitrogens with one attached hydrogen (secondary N) is 1. The molecule has 80 valence electrons. The number of hydrogen-bond acceptors (Lipinski definition) is 1. The van der Waals surface area contributed by atoms with Crippen LogP contribution in [-0.4, -0.2) is 9.55 Å². The highest BCUT2D eigenvalue weighted by atomic mass is 19.1. The van der Waals surface area contributed by atoms with Crippen molar-refractivity contribution < 1.29 is 4.39 Å². The normalized spacial score (nSPS) is 11.5. The second-order valence-corrected chi connectivity index (χ2v) is 4.07. The average molecular weight is 208 g/mol. The number of halogens is 1. The van der Waals surface area contributed by atoms with Gasteiger partial charge in [0.25, 0.3) is 0 Å². The first-order chi connectivity index (χ1) is 7.09. The summed E-state index contributed by atoms with van der Waals surface area (Å²) in [6, 6.07) is 4.71. The van der Waals surface area contributed by atoms with Crippen molar-refractivity contribution in [3.05, 3.63) is 34.5 Å². The molecule has 1 heterocycles. The molecule has 15 heavy (non-hydrogen) atoms. The third-order valence-corrected chi connectivity index (χ3v) is 2.31. The molecule has 0 amide bonds. The highest BCUT2D eigenvalue weighted by Gasteiger charge is 2.10. The molecule has 0 atom stereocenters. The van der Waals surface area contributed by atoms with Gasteiger partial charge in [0, 0.05) is 6.54 Å². The minimum atomic E-state index is -0.382. The summed E-state index contributed by atoms with van der Waals surface area (Å²) in [6.07, 6.45) is 0. The molecule has 2 rings (SSSR count). The zero-order chi connectivity index (χ0) is 11.0. The number of nitrogens with zero attached hydrogens (tertiary/aromatic N) is 1. The number of imidazole rings is 1. The van der Waals surface area contributed by atoms with E-state index < -0.39 is 0 Å². The molecule has 0 saturated heterocycles. The van der Waals surface area contributed by atoms with Crippen molar-refractivity contribution in [3.63, 3.8) is 0 Å². The molecule has 2 aromatic rings. The van der Waals surface area contributed by atoms with Crippen LogP contribution in [0.2, 0.25) is 0 Å². The fourth-order valence-electron chi connectivity index (χ4n) is 1.69. The van der Waals surface area contributed by atoms with Gasteiger partial charge in [-0.1, -0.05) is 19.9 Å². The van der Waals surface area contributed by atoms with Gasteiger partial charge >= 0.3 is 5.69 Å². The van der Waals surface area contributed by atoms with Gasteiger partial charge in [-0.15, -0.1) is 0 Å². The maximum Gasteiger partial charge on any atom is 0.326 e. The van der Waals surface area contributed by atoms with E-state index in [1.54, 1.807) is 16.7 Å².